The molecule has 2 aromatic rings. The number of anilines is 1. The summed E-state index contributed by atoms with van der Waals surface area (Å²) in [6.45, 7) is 11.9. The zero-order chi connectivity index (χ0) is 19.6. The third-order valence-corrected chi connectivity index (χ3v) is 4.96. The number of aliphatic imine (C=N–C) groups is 1. The van der Waals surface area contributed by atoms with E-state index < -0.39 is 0 Å². The summed E-state index contributed by atoms with van der Waals surface area (Å²) in [7, 11) is 0. The van der Waals surface area contributed by atoms with Crippen LogP contribution in [0.25, 0.3) is 0 Å². The SMILES string of the molecule is CCNC(=NCc1ccnc(N2CCN(CC)CC2)c1)NCCc1ccco1.I. The molecular weight excluding hydrogens is 479 g/mol. The standard InChI is InChI=1S/C21H32N6O.HI/c1-3-22-21(24-10-8-19-6-5-15-28-19)25-17-18-7-9-23-20(16-18)27-13-11-26(4-2)12-14-27;/h5-7,9,15-16H,3-4,8,10-14,17H2,1-2H3,(H2,22,24,25);1H. The zero-order valence-electron chi connectivity index (χ0n) is 17.4. The van der Waals surface area contributed by atoms with Gasteiger partial charge in [0.25, 0.3) is 0 Å². The number of aromatic nitrogens is 1. The first kappa shape index (κ1) is 23.5. The molecule has 0 amide bonds. The van der Waals surface area contributed by atoms with Gasteiger partial charge in [0, 0.05) is 51.9 Å². The molecule has 3 heterocycles. The lowest BCUT2D eigenvalue weighted by Crippen LogP contribution is -2.46. The van der Waals surface area contributed by atoms with E-state index in [1.165, 1.54) is 5.56 Å². The Kier molecular flexibility index (Phi) is 10.3. The maximum atomic E-state index is 5.37. The van der Waals surface area contributed by atoms with Crippen LogP contribution >= 0.6 is 24.0 Å². The number of hydrogen-bond acceptors (Lipinski definition) is 5. The summed E-state index contributed by atoms with van der Waals surface area (Å²) in [6, 6.07) is 8.11. The average molecular weight is 512 g/mol. The van der Waals surface area contributed by atoms with E-state index in [-0.39, 0.29) is 24.0 Å². The van der Waals surface area contributed by atoms with Gasteiger partial charge in [-0.05, 0) is 43.3 Å². The predicted octanol–water partition coefficient (Wildman–Crippen LogP) is 2.73. The molecule has 1 saturated heterocycles. The minimum Gasteiger partial charge on any atom is -0.469 e. The molecule has 0 unspecified atom stereocenters. The van der Waals surface area contributed by atoms with E-state index in [4.69, 9.17) is 9.41 Å². The highest BCUT2D eigenvalue weighted by molar-refractivity contribution is 14.0. The molecule has 0 aliphatic carbocycles. The molecule has 0 aromatic carbocycles. The lowest BCUT2D eigenvalue weighted by atomic mass is 10.2. The molecule has 3 rings (SSSR count). The predicted molar refractivity (Wildman–Crippen MR) is 129 cm³/mol. The van der Waals surface area contributed by atoms with Crippen molar-refractivity contribution in [3.8, 4) is 0 Å². The van der Waals surface area contributed by atoms with E-state index in [0.717, 1.165) is 69.8 Å². The second kappa shape index (κ2) is 12.7. The second-order valence-electron chi connectivity index (χ2n) is 6.89. The Morgan fingerprint density at radius 1 is 1.17 bits per heavy atom. The van der Waals surface area contributed by atoms with Crippen LogP contribution in [-0.2, 0) is 13.0 Å². The van der Waals surface area contributed by atoms with Crippen LogP contribution in [0.2, 0.25) is 0 Å². The van der Waals surface area contributed by atoms with Crippen molar-refractivity contribution in [3.63, 3.8) is 0 Å². The van der Waals surface area contributed by atoms with Crippen molar-refractivity contribution in [1.82, 2.24) is 20.5 Å². The molecule has 0 saturated carbocycles. The minimum atomic E-state index is 0. The van der Waals surface area contributed by atoms with Crippen LogP contribution in [-0.4, -0.2) is 61.7 Å². The number of furan rings is 1. The summed E-state index contributed by atoms with van der Waals surface area (Å²) in [5.41, 5.74) is 1.17. The zero-order valence-corrected chi connectivity index (χ0v) is 19.8. The van der Waals surface area contributed by atoms with Crippen LogP contribution in [0.5, 0.6) is 0 Å². The van der Waals surface area contributed by atoms with Crippen LogP contribution in [0.4, 0.5) is 5.82 Å². The summed E-state index contributed by atoms with van der Waals surface area (Å²) in [4.78, 5) is 14.1. The summed E-state index contributed by atoms with van der Waals surface area (Å²) in [5.74, 6) is 2.86. The quantitative estimate of drug-likeness (QED) is 0.322. The highest BCUT2D eigenvalue weighted by Crippen LogP contribution is 2.15. The van der Waals surface area contributed by atoms with Gasteiger partial charge in [-0.3, -0.25) is 0 Å². The topological polar surface area (TPSA) is 68.9 Å². The fourth-order valence-electron chi connectivity index (χ4n) is 3.30. The number of likely N-dealkylation sites (N-methyl/N-ethyl adjacent to an activating group) is 1. The molecule has 2 N–H and O–H groups in total. The van der Waals surface area contributed by atoms with Crippen molar-refractivity contribution in [3.05, 3.63) is 48.0 Å². The van der Waals surface area contributed by atoms with Crippen LogP contribution in [0, 0.1) is 0 Å². The van der Waals surface area contributed by atoms with E-state index in [1.54, 1.807) is 6.26 Å². The Morgan fingerprint density at radius 2 is 2.00 bits per heavy atom. The van der Waals surface area contributed by atoms with E-state index >= 15 is 0 Å². The summed E-state index contributed by atoms with van der Waals surface area (Å²) >= 11 is 0. The van der Waals surface area contributed by atoms with Gasteiger partial charge in [0.1, 0.15) is 11.6 Å². The highest BCUT2D eigenvalue weighted by Gasteiger charge is 2.16. The van der Waals surface area contributed by atoms with Crippen molar-refractivity contribution in [2.24, 2.45) is 4.99 Å². The van der Waals surface area contributed by atoms with Gasteiger partial charge in [0.05, 0.1) is 12.8 Å². The average Bonchev–Trinajstić information content (AvgIpc) is 3.26. The van der Waals surface area contributed by atoms with Crippen molar-refractivity contribution in [2.75, 3.05) is 50.7 Å². The monoisotopic (exact) mass is 512 g/mol. The number of nitrogens with zero attached hydrogens (tertiary/aromatic N) is 4. The number of nitrogens with one attached hydrogen (secondary N) is 2. The van der Waals surface area contributed by atoms with Gasteiger partial charge in [-0.25, -0.2) is 9.98 Å². The molecule has 1 aliphatic rings. The first-order valence-electron chi connectivity index (χ1n) is 10.2. The van der Waals surface area contributed by atoms with E-state index in [1.807, 2.05) is 24.4 Å². The first-order chi connectivity index (χ1) is 13.8. The maximum absolute atomic E-state index is 5.37. The van der Waals surface area contributed by atoms with Gasteiger partial charge in [-0.15, -0.1) is 24.0 Å². The summed E-state index contributed by atoms with van der Waals surface area (Å²) < 4.78 is 5.37. The Bertz CT molecular complexity index is 729. The number of guanidine groups is 1. The number of rotatable bonds is 8. The van der Waals surface area contributed by atoms with Gasteiger partial charge in [-0.2, -0.15) is 0 Å². The van der Waals surface area contributed by atoms with Crippen molar-refractivity contribution >= 4 is 35.8 Å². The van der Waals surface area contributed by atoms with Crippen molar-refractivity contribution in [1.29, 1.82) is 0 Å². The molecule has 1 aliphatic heterocycles. The maximum Gasteiger partial charge on any atom is 0.191 e. The Morgan fingerprint density at radius 3 is 2.69 bits per heavy atom. The Labute approximate surface area is 191 Å². The molecule has 0 atom stereocenters. The lowest BCUT2D eigenvalue weighted by molar-refractivity contribution is 0.270. The largest absolute Gasteiger partial charge is 0.469 e. The van der Waals surface area contributed by atoms with Gasteiger partial charge in [-0.1, -0.05) is 6.92 Å². The smallest absolute Gasteiger partial charge is 0.191 e. The first-order valence-corrected chi connectivity index (χ1v) is 10.2. The van der Waals surface area contributed by atoms with Gasteiger partial charge >= 0.3 is 0 Å². The highest BCUT2D eigenvalue weighted by atomic mass is 127. The molecule has 160 valence electrons. The van der Waals surface area contributed by atoms with Crippen LogP contribution in [0.15, 0.2) is 46.1 Å². The fourth-order valence-corrected chi connectivity index (χ4v) is 3.30. The van der Waals surface area contributed by atoms with E-state index in [0.29, 0.717) is 6.54 Å². The molecule has 1 fully saturated rings. The number of halogens is 1. The Hall–Kier alpha value is -1.81. The van der Waals surface area contributed by atoms with Crippen LogP contribution in [0.1, 0.15) is 25.2 Å². The van der Waals surface area contributed by atoms with Crippen molar-refractivity contribution < 1.29 is 4.42 Å². The molecule has 7 nitrogen and oxygen atoms in total. The Balaban J connectivity index is 0.00000300. The third-order valence-electron chi connectivity index (χ3n) is 4.96. The minimum absolute atomic E-state index is 0. The molecule has 29 heavy (non-hydrogen) atoms. The summed E-state index contributed by atoms with van der Waals surface area (Å²) in [5, 5.41) is 6.66. The molecule has 2 aromatic heterocycles. The van der Waals surface area contributed by atoms with Crippen LogP contribution in [0.3, 0.4) is 0 Å². The molecular formula is C21H33IN6O. The molecule has 0 spiro atoms. The summed E-state index contributed by atoms with van der Waals surface area (Å²) in [6.07, 6.45) is 4.43. The van der Waals surface area contributed by atoms with Crippen LogP contribution < -0.4 is 15.5 Å². The molecule has 8 heteroatoms. The molecule has 0 radical (unpaired) electrons. The van der Waals surface area contributed by atoms with E-state index in [2.05, 4.69) is 45.3 Å². The van der Waals surface area contributed by atoms with Gasteiger partial charge < -0.3 is 24.9 Å². The number of pyridine rings is 1. The number of hydrogen-bond donors (Lipinski definition) is 2. The molecule has 0 bridgehead atoms. The van der Waals surface area contributed by atoms with Gasteiger partial charge in [0.15, 0.2) is 5.96 Å². The lowest BCUT2D eigenvalue weighted by Gasteiger charge is -2.34. The second-order valence-corrected chi connectivity index (χ2v) is 6.89. The third kappa shape index (κ3) is 7.50. The number of piperazine rings is 1. The van der Waals surface area contributed by atoms with Gasteiger partial charge in [0.2, 0.25) is 0 Å². The normalized spacial score (nSPS) is 15.1. The van der Waals surface area contributed by atoms with E-state index in [9.17, 15) is 0 Å². The fraction of sp³-hybridized carbons (Fsp3) is 0.524. The van der Waals surface area contributed by atoms with Crippen molar-refractivity contribution in [2.45, 2.75) is 26.8 Å².